The highest BCUT2D eigenvalue weighted by molar-refractivity contribution is 7.20. The van der Waals surface area contributed by atoms with Crippen molar-refractivity contribution in [2.75, 3.05) is 19.6 Å². The molecule has 1 aromatic heterocycles. The minimum Gasteiger partial charge on any atom is -0.352 e. The standard InChI is InChI=1S/C14H18Cl2N2OS.ClH/c15-12-8-11(14(16)20-12)2-1-3-13(19)18-9-10-4-6-17-7-5-10;/h4,8,17H,1-3,5-7,9H2,(H,18,19);1H. The van der Waals surface area contributed by atoms with Crippen LogP contribution < -0.4 is 10.6 Å². The maximum atomic E-state index is 11.8. The first-order valence-electron chi connectivity index (χ1n) is 6.74. The second-order valence-corrected chi connectivity index (χ2v) is 7.08. The summed E-state index contributed by atoms with van der Waals surface area (Å²) < 4.78 is 1.43. The number of carbonyl (C=O) groups is 1. The van der Waals surface area contributed by atoms with E-state index in [0.29, 0.717) is 17.3 Å². The Bertz CT molecular complexity index is 502. The van der Waals surface area contributed by atoms with Crippen molar-refractivity contribution >= 4 is 52.9 Å². The lowest BCUT2D eigenvalue weighted by Crippen LogP contribution is -2.29. The molecule has 0 spiro atoms. The fourth-order valence-corrected chi connectivity index (χ4v) is 3.66. The molecule has 7 heteroatoms. The number of hydrogen-bond acceptors (Lipinski definition) is 3. The normalized spacial score (nSPS) is 14.3. The minimum absolute atomic E-state index is 0. The quantitative estimate of drug-likeness (QED) is 0.748. The predicted molar refractivity (Wildman–Crippen MR) is 93.1 cm³/mol. The highest BCUT2D eigenvalue weighted by Crippen LogP contribution is 2.31. The zero-order valence-corrected chi connectivity index (χ0v) is 14.7. The molecule has 0 bridgehead atoms. The molecule has 0 saturated heterocycles. The molecule has 1 aromatic rings. The van der Waals surface area contributed by atoms with E-state index >= 15 is 0 Å². The van der Waals surface area contributed by atoms with E-state index in [1.54, 1.807) is 0 Å². The van der Waals surface area contributed by atoms with Crippen molar-refractivity contribution in [2.24, 2.45) is 0 Å². The van der Waals surface area contributed by atoms with Crippen molar-refractivity contribution in [3.8, 4) is 0 Å². The molecular formula is C14H19Cl3N2OS. The third-order valence-electron chi connectivity index (χ3n) is 3.25. The third kappa shape index (κ3) is 6.57. The van der Waals surface area contributed by atoms with Crippen molar-refractivity contribution in [2.45, 2.75) is 25.7 Å². The van der Waals surface area contributed by atoms with Gasteiger partial charge in [-0.1, -0.05) is 34.9 Å². The van der Waals surface area contributed by atoms with Crippen molar-refractivity contribution in [1.82, 2.24) is 10.6 Å². The Morgan fingerprint density at radius 1 is 1.43 bits per heavy atom. The smallest absolute Gasteiger partial charge is 0.220 e. The number of hydrogen-bond donors (Lipinski definition) is 2. The van der Waals surface area contributed by atoms with Crippen LogP contribution in [0.25, 0.3) is 0 Å². The fourth-order valence-electron chi connectivity index (χ4n) is 2.11. The van der Waals surface area contributed by atoms with Gasteiger partial charge in [-0.3, -0.25) is 4.79 Å². The lowest BCUT2D eigenvalue weighted by molar-refractivity contribution is -0.121. The summed E-state index contributed by atoms with van der Waals surface area (Å²) in [6.45, 7) is 2.58. The average Bonchev–Trinajstić information content (AvgIpc) is 2.76. The van der Waals surface area contributed by atoms with E-state index < -0.39 is 0 Å². The molecular weight excluding hydrogens is 351 g/mol. The van der Waals surface area contributed by atoms with Crippen LogP contribution in [0, 0.1) is 0 Å². The Morgan fingerprint density at radius 3 is 2.86 bits per heavy atom. The molecule has 0 saturated carbocycles. The fraction of sp³-hybridized carbons (Fsp3) is 0.500. The van der Waals surface area contributed by atoms with Gasteiger partial charge in [-0.2, -0.15) is 0 Å². The Morgan fingerprint density at radius 2 is 2.24 bits per heavy atom. The number of amides is 1. The summed E-state index contributed by atoms with van der Waals surface area (Å²) in [6, 6.07) is 1.88. The van der Waals surface area contributed by atoms with Gasteiger partial charge in [0.25, 0.3) is 0 Å². The number of rotatable bonds is 6. The molecule has 0 aromatic carbocycles. The van der Waals surface area contributed by atoms with E-state index in [9.17, 15) is 4.79 Å². The van der Waals surface area contributed by atoms with Crippen LogP contribution in [0.5, 0.6) is 0 Å². The maximum Gasteiger partial charge on any atom is 0.220 e. The van der Waals surface area contributed by atoms with Crippen molar-refractivity contribution < 1.29 is 4.79 Å². The van der Waals surface area contributed by atoms with Crippen molar-refractivity contribution in [3.05, 3.63) is 32.0 Å². The molecule has 0 aliphatic carbocycles. The Labute approximate surface area is 145 Å². The molecule has 2 rings (SSSR count). The average molecular weight is 370 g/mol. The maximum absolute atomic E-state index is 11.8. The first-order valence-corrected chi connectivity index (χ1v) is 8.31. The third-order valence-corrected chi connectivity index (χ3v) is 4.82. The summed E-state index contributed by atoms with van der Waals surface area (Å²) in [7, 11) is 0. The van der Waals surface area contributed by atoms with Crippen LogP contribution in [0.3, 0.4) is 0 Å². The van der Waals surface area contributed by atoms with Gasteiger partial charge in [0.05, 0.1) is 8.67 Å². The van der Waals surface area contributed by atoms with Crippen molar-refractivity contribution in [3.63, 3.8) is 0 Å². The van der Waals surface area contributed by atoms with E-state index in [1.807, 2.05) is 6.07 Å². The first-order chi connectivity index (χ1) is 9.65. The van der Waals surface area contributed by atoms with E-state index in [-0.39, 0.29) is 18.3 Å². The first kappa shape index (κ1) is 18.8. The number of aryl methyl sites for hydroxylation is 1. The van der Waals surface area contributed by atoms with E-state index in [2.05, 4.69) is 16.7 Å². The Kier molecular flexibility index (Phi) is 8.67. The Balaban J connectivity index is 0.00000220. The van der Waals surface area contributed by atoms with Gasteiger partial charge in [-0.15, -0.1) is 23.7 Å². The van der Waals surface area contributed by atoms with Crippen LogP contribution in [0.2, 0.25) is 8.67 Å². The van der Waals surface area contributed by atoms with E-state index in [4.69, 9.17) is 23.2 Å². The lowest BCUT2D eigenvalue weighted by Gasteiger charge is -2.14. The number of thiophene rings is 1. The van der Waals surface area contributed by atoms with Gasteiger partial charge >= 0.3 is 0 Å². The minimum atomic E-state index is 0. The van der Waals surface area contributed by atoms with Gasteiger partial charge in [-0.05, 0) is 37.4 Å². The molecule has 0 fully saturated rings. The van der Waals surface area contributed by atoms with Crippen LogP contribution in [-0.4, -0.2) is 25.5 Å². The topological polar surface area (TPSA) is 41.1 Å². The van der Waals surface area contributed by atoms with Crippen LogP contribution >= 0.6 is 46.9 Å². The summed E-state index contributed by atoms with van der Waals surface area (Å²) in [5, 5.41) is 6.22. The molecule has 2 heterocycles. The zero-order chi connectivity index (χ0) is 14.4. The SMILES string of the molecule is Cl.O=C(CCCc1cc(Cl)sc1Cl)NCC1=CCNCC1. The Hall–Kier alpha value is -0.260. The van der Waals surface area contributed by atoms with Crippen LogP contribution in [0.15, 0.2) is 17.7 Å². The molecule has 0 atom stereocenters. The lowest BCUT2D eigenvalue weighted by atomic mass is 10.1. The zero-order valence-electron chi connectivity index (χ0n) is 11.6. The molecule has 1 aliphatic rings. The highest BCUT2D eigenvalue weighted by atomic mass is 35.5. The molecule has 3 nitrogen and oxygen atoms in total. The van der Waals surface area contributed by atoms with Gasteiger partial charge < -0.3 is 10.6 Å². The summed E-state index contributed by atoms with van der Waals surface area (Å²) in [6.07, 6.45) is 5.27. The largest absolute Gasteiger partial charge is 0.352 e. The van der Waals surface area contributed by atoms with Gasteiger partial charge in [0, 0.05) is 19.5 Å². The van der Waals surface area contributed by atoms with Crippen molar-refractivity contribution in [1.29, 1.82) is 0 Å². The second kappa shape index (κ2) is 9.70. The number of nitrogens with one attached hydrogen (secondary N) is 2. The number of carbonyl (C=O) groups excluding carboxylic acids is 1. The summed E-state index contributed by atoms with van der Waals surface area (Å²) >= 11 is 13.3. The summed E-state index contributed by atoms with van der Waals surface area (Å²) in [4.78, 5) is 11.8. The summed E-state index contributed by atoms with van der Waals surface area (Å²) in [5.41, 5.74) is 2.35. The molecule has 118 valence electrons. The number of halogens is 3. The van der Waals surface area contributed by atoms with Crippen LogP contribution in [0.4, 0.5) is 0 Å². The second-order valence-electron chi connectivity index (χ2n) is 4.80. The predicted octanol–water partition coefficient (Wildman–Crippen LogP) is 3.84. The van der Waals surface area contributed by atoms with Gasteiger partial charge in [0.1, 0.15) is 0 Å². The summed E-state index contributed by atoms with van der Waals surface area (Å²) in [5.74, 6) is 0.0990. The van der Waals surface area contributed by atoms with Gasteiger partial charge in [0.15, 0.2) is 0 Å². The molecule has 0 unspecified atom stereocenters. The molecule has 0 radical (unpaired) electrons. The molecule has 1 amide bonds. The highest BCUT2D eigenvalue weighted by Gasteiger charge is 2.08. The monoisotopic (exact) mass is 368 g/mol. The van der Waals surface area contributed by atoms with E-state index in [0.717, 1.165) is 42.3 Å². The molecule has 21 heavy (non-hydrogen) atoms. The van der Waals surface area contributed by atoms with Crippen LogP contribution in [-0.2, 0) is 11.2 Å². The van der Waals surface area contributed by atoms with Gasteiger partial charge in [0.2, 0.25) is 5.91 Å². The van der Waals surface area contributed by atoms with E-state index in [1.165, 1.54) is 16.9 Å². The molecule has 2 N–H and O–H groups in total. The molecule has 1 aliphatic heterocycles. The van der Waals surface area contributed by atoms with Crippen LogP contribution in [0.1, 0.15) is 24.8 Å². The van der Waals surface area contributed by atoms with Gasteiger partial charge in [-0.25, -0.2) is 0 Å².